The van der Waals surface area contributed by atoms with Crippen LogP contribution in [0.5, 0.6) is 5.75 Å². The van der Waals surface area contributed by atoms with Crippen LogP contribution in [-0.4, -0.2) is 31.0 Å². The maximum absolute atomic E-state index is 12.1. The van der Waals surface area contributed by atoms with E-state index in [1.807, 2.05) is 54.4 Å². The van der Waals surface area contributed by atoms with Crippen LogP contribution in [-0.2, 0) is 11.3 Å². The molecule has 128 valence electrons. The highest BCUT2D eigenvalue weighted by Crippen LogP contribution is 2.16. The number of anilines is 1. The highest BCUT2D eigenvalue weighted by atomic mass is 16.5. The minimum Gasteiger partial charge on any atom is -0.493 e. The van der Waals surface area contributed by atoms with Crippen LogP contribution in [0.15, 0.2) is 54.6 Å². The maximum Gasteiger partial charge on any atom is 0.238 e. The number of ether oxygens (including phenoxy) is 1. The Balaban J connectivity index is 1.79. The van der Waals surface area contributed by atoms with E-state index in [2.05, 4.69) is 31.3 Å². The van der Waals surface area contributed by atoms with E-state index in [1.165, 1.54) is 5.56 Å². The average molecular weight is 326 g/mol. The summed E-state index contributed by atoms with van der Waals surface area (Å²) in [7, 11) is 1.94. The van der Waals surface area contributed by atoms with Gasteiger partial charge >= 0.3 is 0 Å². The van der Waals surface area contributed by atoms with Gasteiger partial charge in [0, 0.05) is 12.2 Å². The van der Waals surface area contributed by atoms with Crippen molar-refractivity contribution in [2.24, 2.45) is 5.92 Å². The summed E-state index contributed by atoms with van der Waals surface area (Å²) in [4.78, 5) is 14.1. The Bertz CT molecular complexity index is 624. The lowest BCUT2D eigenvalue weighted by atomic mass is 10.2. The molecule has 0 radical (unpaired) electrons. The first-order chi connectivity index (χ1) is 11.5. The van der Waals surface area contributed by atoms with E-state index in [-0.39, 0.29) is 5.91 Å². The van der Waals surface area contributed by atoms with E-state index in [0.29, 0.717) is 19.1 Å². The molecule has 0 spiro atoms. The lowest BCUT2D eigenvalue weighted by molar-refractivity contribution is -0.117. The van der Waals surface area contributed by atoms with E-state index in [9.17, 15) is 4.79 Å². The van der Waals surface area contributed by atoms with E-state index < -0.39 is 0 Å². The van der Waals surface area contributed by atoms with Crippen LogP contribution in [0, 0.1) is 5.92 Å². The molecular formula is C20H26N2O2. The summed E-state index contributed by atoms with van der Waals surface area (Å²) in [6.45, 7) is 6.01. The second kappa shape index (κ2) is 9.08. The maximum atomic E-state index is 12.1. The largest absolute Gasteiger partial charge is 0.493 e. The molecule has 0 saturated heterocycles. The highest BCUT2D eigenvalue weighted by Gasteiger charge is 2.08. The number of carbonyl (C=O) groups excluding carboxylic acids is 1. The number of hydrogen-bond acceptors (Lipinski definition) is 3. The molecule has 0 fully saturated rings. The smallest absolute Gasteiger partial charge is 0.238 e. The molecule has 24 heavy (non-hydrogen) atoms. The predicted molar refractivity (Wildman–Crippen MR) is 98.2 cm³/mol. The van der Waals surface area contributed by atoms with Crippen LogP contribution in [0.3, 0.4) is 0 Å². The third-order valence-electron chi connectivity index (χ3n) is 3.43. The van der Waals surface area contributed by atoms with Gasteiger partial charge in [0.05, 0.1) is 13.2 Å². The molecule has 0 aliphatic carbocycles. The third-order valence-corrected chi connectivity index (χ3v) is 3.43. The number of rotatable bonds is 8. The van der Waals surface area contributed by atoms with Gasteiger partial charge in [-0.3, -0.25) is 9.69 Å². The third kappa shape index (κ3) is 6.42. The number of likely N-dealkylation sites (N-methyl/N-ethyl adjacent to an activating group) is 1. The number of carbonyl (C=O) groups is 1. The van der Waals surface area contributed by atoms with Crippen molar-refractivity contribution in [2.45, 2.75) is 20.4 Å². The molecule has 0 heterocycles. The predicted octanol–water partition coefficient (Wildman–Crippen LogP) is 3.79. The van der Waals surface area contributed by atoms with Crippen LogP contribution in [0.25, 0.3) is 0 Å². The fraction of sp³-hybridized carbons (Fsp3) is 0.350. The lowest BCUT2D eigenvalue weighted by Gasteiger charge is -2.16. The molecule has 0 aliphatic rings. The van der Waals surface area contributed by atoms with Gasteiger partial charge in [-0.1, -0.05) is 44.2 Å². The van der Waals surface area contributed by atoms with Crippen molar-refractivity contribution in [3.05, 3.63) is 60.2 Å². The minimum atomic E-state index is -0.0238. The van der Waals surface area contributed by atoms with E-state index >= 15 is 0 Å². The van der Waals surface area contributed by atoms with Gasteiger partial charge in [0.15, 0.2) is 0 Å². The summed E-state index contributed by atoms with van der Waals surface area (Å²) in [5.74, 6) is 1.29. The Morgan fingerprint density at radius 1 is 1.08 bits per heavy atom. The van der Waals surface area contributed by atoms with Crippen molar-refractivity contribution in [1.29, 1.82) is 0 Å². The second-order valence-electron chi connectivity index (χ2n) is 6.44. The minimum absolute atomic E-state index is 0.0238. The Morgan fingerprint density at radius 2 is 1.75 bits per heavy atom. The molecule has 1 amide bonds. The molecule has 0 unspecified atom stereocenters. The van der Waals surface area contributed by atoms with Crippen molar-refractivity contribution in [3.8, 4) is 5.75 Å². The van der Waals surface area contributed by atoms with Gasteiger partial charge in [-0.05, 0) is 42.8 Å². The first-order valence-electron chi connectivity index (χ1n) is 8.28. The Morgan fingerprint density at radius 3 is 2.38 bits per heavy atom. The van der Waals surface area contributed by atoms with Gasteiger partial charge in [-0.2, -0.15) is 0 Å². The van der Waals surface area contributed by atoms with Crippen molar-refractivity contribution >= 4 is 11.6 Å². The monoisotopic (exact) mass is 326 g/mol. The molecule has 0 aromatic heterocycles. The van der Waals surface area contributed by atoms with Gasteiger partial charge in [-0.15, -0.1) is 0 Å². The van der Waals surface area contributed by atoms with Gasteiger partial charge < -0.3 is 10.1 Å². The molecule has 2 rings (SSSR count). The normalized spacial score (nSPS) is 10.9. The fourth-order valence-corrected chi connectivity index (χ4v) is 2.29. The fourth-order valence-electron chi connectivity index (χ4n) is 2.29. The molecule has 1 N–H and O–H groups in total. The highest BCUT2D eigenvalue weighted by molar-refractivity contribution is 5.92. The van der Waals surface area contributed by atoms with Crippen LogP contribution in [0.2, 0.25) is 0 Å². The van der Waals surface area contributed by atoms with E-state index in [4.69, 9.17) is 4.74 Å². The standard InChI is InChI=1S/C20H26N2O2/c1-16(2)15-24-19-11-9-18(10-12-19)21-20(23)14-22(3)13-17-7-5-4-6-8-17/h4-12,16H,13-15H2,1-3H3,(H,21,23). The summed E-state index contributed by atoms with van der Waals surface area (Å²) >= 11 is 0. The molecular weight excluding hydrogens is 300 g/mol. The van der Waals surface area contributed by atoms with Crippen molar-refractivity contribution < 1.29 is 9.53 Å². The van der Waals surface area contributed by atoms with E-state index in [1.54, 1.807) is 0 Å². The number of amides is 1. The van der Waals surface area contributed by atoms with Gasteiger partial charge in [0.2, 0.25) is 5.91 Å². The topological polar surface area (TPSA) is 41.6 Å². The quantitative estimate of drug-likeness (QED) is 0.802. The first-order valence-corrected chi connectivity index (χ1v) is 8.28. The average Bonchev–Trinajstić information content (AvgIpc) is 2.54. The lowest BCUT2D eigenvalue weighted by Crippen LogP contribution is -2.29. The van der Waals surface area contributed by atoms with Crippen molar-refractivity contribution in [1.82, 2.24) is 4.90 Å². The Hall–Kier alpha value is -2.33. The Labute approximate surface area is 144 Å². The number of benzene rings is 2. The summed E-state index contributed by atoms with van der Waals surface area (Å²) in [6, 6.07) is 17.6. The summed E-state index contributed by atoms with van der Waals surface area (Å²) in [6.07, 6.45) is 0. The van der Waals surface area contributed by atoms with Crippen LogP contribution in [0.4, 0.5) is 5.69 Å². The molecule has 0 bridgehead atoms. The van der Waals surface area contributed by atoms with Crippen LogP contribution in [0.1, 0.15) is 19.4 Å². The van der Waals surface area contributed by atoms with E-state index in [0.717, 1.165) is 18.0 Å². The molecule has 0 saturated carbocycles. The zero-order valence-electron chi connectivity index (χ0n) is 14.7. The molecule has 4 heteroatoms. The van der Waals surface area contributed by atoms with Crippen LogP contribution >= 0.6 is 0 Å². The molecule has 4 nitrogen and oxygen atoms in total. The second-order valence-corrected chi connectivity index (χ2v) is 6.44. The summed E-state index contributed by atoms with van der Waals surface area (Å²) in [5.41, 5.74) is 1.98. The molecule has 0 aliphatic heterocycles. The molecule has 2 aromatic rings. The van der Waals surface area contributed by atoms with Crippen LogP contribution < -0.4 is 10.1 Å². The number of nitrogens with zero attached hydrogens (tertiary/aromatic N) is 1. The van der Waals surface area contributed by atoms with Gasteiger partial charge in [-0.25, -0.2) is 0 Å². The summed E-state index contributed by atoms with van der Waals surface area (Å²) in [5, 5.41) is 2.91. The SMILES string of the molecule is CC(C)COc1ccc(NC(=O)CN(C)Cc2ccccc2)cc1. The summed E-state index contributed by atoms with van der Waals surface area (Å²) < 4.78 is 5.64. The Kier molecular flexibility index (Phi) is 6.82. The van der Waals surface area contributed by atoms with Gasteiger partial charge in [0.1, 0.15) is 5.75 Å². The zero-order valence-corrected chi connectivity index (χ0v) is 14.7. The molecule has 0 atom stereocenters. The molecule has 2 aromatic carbocycles. The van der Waals surface area contributed by atoms with Gasteiger partial charge in [0.25, 0.3) is 0 Å². The number of hydrogen-bond donors (Lipinski definition) is 1. The van der Waals surface area contributed by atoms with Crippen molar-refractivity contribution in [3.63, 3.8) is 0 Å². The number of nitrogens with one attached hydrogen (secondary N) is 1. The zero-order chi connectivity index (χ0) is 17.4. The van der Waals surface area contributed by atoms with Crippen molar-refractivity contribution in [2.75, 3.05) is 25.5 Å². The first kappa shape index (κ1) is 18.0.